The molecule has 0 bridgehead atoms. The van der Waals surface area contributed by atoms with Crippen LogP contribution in [0.15, 0.2) is 24.3 Å². The lowest BCUT2D eigenvalue weighted by Crippen LogP contribution is -2.36. The van der Waals surface area contributed by atoms with Crippen molar-refractivity contribution in [1.82, 2.24) is 0 Å². The fourth-order valence-electron chi connectivity index (χ4n) is 1.68. The van der Waals surface area contributed by atoms with Gasteiger partial charge in [-0.05, 0) is 23.1 Å². The number of rotatable bonds is 3. The summed E-state index contributed by atoms with van der Waals surface area (Å²) in [6, 6.07) is 6.31. The van der Waals surface area contributed by atoms with Crippen LogP contribution in [0.25, 0.3) is 0 Å². The molecule has 3 N–H and O–H groups in total. The van der Waals surface area contributed by atoms with Gasteiger partial charge in [0, 0.05) is 0 Å². The van der Waals surface area contributed by atoms with E-state index in [0.717, 1.165) is 5.56 Å². The van der Waals surface area contributed by atoms with Crippen molar-refractivity contribution in [3.05, 3.63) is 35.4 Å². The number of hydrogen-bond acceptors (Lipinski definition) is 4. The van der Waals surface area contributed by atoms with E-state index in [2.05, 4.69) is 4.74 Å². The van der Waals surface area contributed by atoms with E-state index in [1.807, 2.05) is 20.8 Å². The van der Waals surface area contributed by atoms with Gasteiger partial charge >= 0.3 is 5.97 Å². The Labute approximate surface area is 108 Å². The fourth-order valence-corrected chi connectivity index (χ4v) is 1.68. The fraction of sp³-hybridized carbons (Fsp3) is 0.500. The predicted molar refractivity (Wildman–Crippen MR) is 70.2 cm³/mol. The normalized spacial score (nSPS) is 15.0. The van der Waals surface area contributed by atoms with Gasteiger partial charge in [0.15, 0.2) is 0 Å². The van der Waals surface area contributed by atoms with Crippen LogP contribution in [0.3, 0.4) is 0 Å². The van der Waals surface area contributed by atoms with Gasteiger partial charge in [0.25, 0.3) is 0 Å². The van der Waals surface area contributed by atoms with Crippen LogP contribution in [0.2, 0.25) is 0 Å². The molecule has 18 heavy (non-hydrogen) atoms. The van der Waals surface area contributed by atoms with E-state index < -0.39 is 12.1 Å². The van der Waals surface area contributed by atoms with E-state index in [0.29, 0.717) is 5.56 Å². The van der Waals surface area contributed by atoms with Gasteiger partial charge in [-0.3, -0.25) is 0 Å². The first-order valence-electron chi connectivity index (χ1n) is 5.89. The molecular formula is C14H21NO3. The summed E-state index contributed by atoms with van der Waals surface area (Å²) in [5, 5.41) is 10.1. The highest BCUT2D eigenvalue weighted by molar-refractivity contribution is 5.89. The van der Waals surface area contributed by atoms with E-state index in [-0.39, 0.29) is 11.4 Å². The lowest BCUT2D eigenvalue weighted by Gasteiger charge is -2.31. The zero-order chi connectivity index (χ0) is 13.9. The number of esters is 1. The monoisotopic (exact) mass is 251 g/mol. The van der Waals surface area contributed by atoms with Crippen LogP contribution in [0, 0.1) is 5.41 Å². The summed E-state index contributed by atoms with van der Waals surface area (Å²) in [5.41, 5.74) is 6.99. The minimum Gasteiger partial charge on any atom is -0.465 e. The molecule has 1 rings (SSSR count). The molecule has 0 aliphatic rings. The number of ether oxygens (including phenoxy) is 1. The number of aliphatic hydroxyl groups is 1. The average Bonchev–Trinajstić information content (AvgIpc) is 2.35. The van der Waals surface area contributed by atoms with Crippen molar-refractivity contribution in [2.75, 3.05) is 7.11 Å². The molecule has 0 aliphatic heterocycles. The second-order valence-electron chi connectivity index (χ2n) is 5.45. The first-order chi connectivity index (χ1) is 8.27. The van der Waals surface area contributed by atoms with Crippen molar-refractivity contribution in [3.8, 4) is 0 Å². The van der Waals surface area contributed by atoms with Gasteiger partial charge in [0.2, 0.25) is 0 Å². The Bertz CT molecular complexity index is 406. The van der Waals surface area contributed by atoms with Crippen molar-refractivity contribution < 1.29 is 14.6 Å². The van der Waals surface area contributed by atoms with Crippen LogP contribution in [0.4, 0.5) is 0 Å². The first-order valence-corrected chi connectivity index (χ1v) is 5.89. The highest BCUT2D eigenvalue weighted by Crippen LogP contribution is 2.28. The molecule has 0 fully saturated rings. The van der Waals surface area contributed by atoms with E-state index in [4.69, 9.17) is 5.73 Å². The van der Waals surface area contributed by atoms with E-state index in [1.165, 1.54) is 7.11 Å². The number of benzene rings is 1. The van der Waals surface area contributed by atoms with Gasteiger partial charge in [-0.15, -0.1) is 0 Å². The third kappa shape index (κ3) is 3.31. The average molecular weight is 251 g/mol. The Morgan fingerprint density at radius 1 is 1.28 bits per heavy atom. The number of aliphatic hydroxyl groups excluding tert-OH is 1. The number of carbonyl (C=O) groups is 1. The van der Waals surface area contributed by atoms with E-state index in [9.17, 15) is 9.90 Å². The van der Waals surface area contributed by atoms with Crippen LogP contribution < -0.4 is 5.73 Å². The molecule has 4 heteroatoms. The Morgan fingerprint density at radius 3 is 2.17 bits per heavy atom. The zero-order valence-electron chi connectivity index (χ0n) is 11.3. The Morgan fingerprint density at radius 2 is 1.78 bits per heavy atom. The summed E-state index contributed by atoms with van der Waals surface area (Å²) in [5.74, 6) is -0.383. The number of methoxy groups -OCH3 is 1. The Balaban J connectivity index is 2.89. The minimum absolute atomic E-state index is 0.291. The summed E-state index contributed by atoms with van der Waals surface area (Å²) in [6.07, 6.45) is -0.651. The van der Waals surface area contributed by atoms with Crippen LogP contribution in [-0.4, -0.2) is 24.3 Å². The van der Waals surface area contributed by atoms with Gasteiger partial charge in [-0.2, -0.15) is 0 Å². The van der Waals surface area contributed by atoms with Crippen molar-refractivity contribution in [3.63, 3.8) is 0 Å². The lowest BCUT2D eigenvalue weighted by molar-refractivity contribution is 0.0401. The second-order valence-corrected chi connectivity index (χ2v) is 5.45. The number of nitrogens with two attached hydrogens (primary N) is 1. The highest BCUT2D eigenvalue weighted by Gasteiger charge is 2.29. The molecule has 0 saturated heterocycles. The summed E-state index contributed by atoms with van der Waals surface area (Å²) < 4.78 is 4.62. The summed E-state index contributed by atoms with van der Waals surface area (Å²) >= 11 is 0. The van der Waals surface area contributed by atoms with Gasteiger partial charge in [-0.1, -0.05) is 32.9 Å². The van der Waals surface area contributed by atoms with Gasteiger partial charge in [-0.25, -0.2) is 4.79 Å². The van der Waals surface area contributed by atoms with Crippen molar-refractivity contribution in [1.29, 1.82) is 0 Å². The number of hydrogen-bond donors (Lipinski definition) is 2. The highest BCUT2D eigenvalue weighted by atomic mass is 16.5. The largest absolute Gasteiger partial charge is 0.465 e. The lowest BCUT2D eigenvalue weighted by atomic mass is 9.82. The first kappa shape index (κ1) is 14.7. The molecule has 0 radical (unpaired) electrons. The molecule has 0 aliphatic carbocycles. The molecular weight excluding hydrogens is 230 g/mol. The molecule has 0 spiro atoms. The number of carbonyl (C=O) groups excluding carboxylic acids is 1. The topological polar surface area (TPSA) is 72.5 Å². The quantitative estimate of drug-likeness (QED) is 0.804. The molecule has 0 saturated carbocycles. The van der Waals surface area contributed by atoms with E-state index in [1.54, 1.807) is 24.3 Å². The SMILES string of the molecule is COC(=O)c1ccc([C@H](N)[C@H](O)C(C)(C)C)cc1. The van der Waals surface area contributed by atoms with Gasteiger partial charge in [0.1, 0.15) is 0 Å². The smallest absolute Gasteiger partial charge is 0.337 e. The molecule has 4 nitrogen and oxygen atoms in total. The standard InChI is InChI=1S/C14H21NO3/c1-14(2,3)12(16)11(15)9-5-7-10(8-6-9)13(17)18-4/h5-8,11-12,16H,15H2,1-4H3/t11-,12-/m0/s1. The molecule has 0 heterocycles. The molecule has 0 aromatic heterocycles. The maximum Gasteiger partial charge on any atom is 0.337 e. The summed E-state index contributed by atoms with van der Waals surface area (Å²) in [4.78, 5) is 11.3. The third-order valence-electron chi connectivity index (χ3n) is 2.94. The molecule has 0 amide bonds. The van der Waals surface area contributed by atoms with Crippen LogP contribution in [0.1, 0.15) is 42.7 Å². The van der Waals surface area contributed by atoms with Gasteiger partial charge < -0.3 is 15.6 Å². The van der Waals surface area contributed by atoms with Crippen molar-refractivity contribution >= 4 is 5.97 Å². The summed E-state index contributed by atoms with van der Waals surface area (Å²) in [6.45, 7) is 5.79. The van der Waals surface area contributed by atoms with Crippen LogP contribution in [-0.2, 0) is 4.74 Å². The van der Waals surface area contributed by atoms with Crippen LogP contribution in [0.5, 0.6) is 0 Å². The van der Waals surface area contributed by atoms with Crippen LogP contribution >= 0.6 is 0 Å². The van der Waals surface area contributed by atoms with Crippen molar-refractivity contribution in [2.24, 2.45) is 11.1 Å². The van der Waals surface area contributed by atoms with Crippen molar-refractivity contribution in [2.45, 2.75) is 32.9 Å². The summed E-state index contributed by atoms with van der Waals surface area (Å²) in [7, 11) is 1.34. The van der Waals surface area contributed by atoms with Gasteiger partial charge in [0.05, 0.1) is 24.8 Å². The predicted octanol–water partition coefficient (Wildman–Crippen LogP) is 1.88. The molecule has 1 aromatic carbocycles. The Hall–Kier alpha value is -1.39. The minimum atomic E-state index is -0.651. The maximum atomic E-state index is 11.3. The maximum absolute atomic E-state index is 11.3. The second kappa shape index (κ2) is 5.50. The molecule has 2 atom stereocenters. The van der Waals surface area contributed by atoms with E-state index >= 15 is 0 Å². The zero-order valence-corrected chi connectivity index (χ0v) is 11.3. The third-order valence-corrected chi connectivity index (χ3v) is 2.94. The Kier molecular flexibility index (Phi) is 4.48. The molecule has 1 aromatic rings. The molecule has 0 unspecified atom stereocenters. The molecule has 100 valence electrons.